The Balaban J connectivity index is 6.53. The van der Waals surface area contributed by atoms with E-state index in [2.05, 4.69) is 16.0 Å². The molecular formula is C23H39N3O10. The summed E-state index contributed by atoms with van der Waals surface area (Å²) < 4.78 is 0. The number of rotatable bonds is 18. The van der Waals surface area contributed by atoms with Crippen molar-refractivity contribution in [1.82, 2.24) is 16.0 Å². The number of carbonyl (C=O) groups excluding carboxylic acids is 5. The number of Topliss-reactive ketones (excluding diaryl/α,β-unsaturated/α-hetero) is 5. The zero-order valence-electron chi connectivity index (χ0n) is 21.8. The maximum absolute atomic E-state index is 13.2. The van der Waals surface area contributed by atoms with E-state index in [9.17, 15) is 49.2 Å². The van der Waals surface area contributed by atoms with E-state index in [0.717, 1.165) is 6.92 Å². The third kappa shape index (κ3) is 7.08. The number of likely N-dealkylation sites (N-methyl/N-ethyl adjacent to an activating group) is 3. The van der Waals surface area contributed by atoms with Crippen molar-refractivity contribution in [2.45, 2.75) is 75.8 Å². The van der Waals surface area contributed by atoms with E-state index in [1.54, 1.807) is 13.8 Å². The summed E-state index contributed by atoms with van der Waals surface area (Å²) in [5.41, 5.74) is -9.85. The molecule has 0 aliphatic heterocycles. The standard InChI is InChI=1S/C23H39N3O10/c1-8-12(2)17(26-7)18(30)21(4,34)15(28)10-22(35,16(29)11-24-5)19(31)23(36,20(32)33)9-14(27)13(3)25-6/h12-13,17,24-26,34-36H,8-11H2,1-7H3,(H,32,33)/t12-,13+,17+,21?,22?,23?/m1/s1. The molecule has 0 aliphatic carbocycles. The van der Waals surface area contributed by atoms with Crippen molar-refractivity contribution in [3.8, 4) is 0 Å². The van der Waals surface area contributed by atoms with Crippen molar-refractivity contribution in [3.63, 3.8) is 0 Å². The van der Waals surface area contributed by atoms with Crippen LogP contribution in [0.15, 0.2) is 0 Å². The van der Waals surface area contributed by atoms with E-state index in [-0.39, 0.29) is 5.92 Å². The molecule has 0 aliphatic rings. The highest BCUT2D eigenvalue weighted by atomic mass is 16.4. The average molecular weight is 518 g/mol. The van der Waals surface area contributed by atoms with Gasteiger partial charge in [0.2, 0.25) is 11.4 Å². The SMILES string of the molecule is CC[C@@H](C)[C@H](NC)C(=O)C(C)(O)C(=O)CC(O)(C(=O)CNC)C(=O)C(O)(CC(=O)[C@H](C)NC)C(=O)O. The van der Waals surface area contributed by atoms with E-state index in [0.29, 0.717) is 6.42 Å². The van der Waals surface area contributed by atoms with Crippen LogP contribution in [-0.2, 0) is 28.8 Å². The first-order chi connectivity index (χ1) is 16.4. The van der Waals surface area contributed by atoms with Crippen LogP contribution in [0.3, 0.4) is 0 Å². The Kier molecular flexibility index (Phi) is 12.3. The first-order valence-corrected chi connectivity index (χ1v) is 11.5. The lowest BCUT2D eigenvalue weighted by atomic mass is 9.73. The van der Waals surface area contributed by atoms with Gasteiger partial charge in [-0.2, -0.15) is 0 Å². The second-order valence-electron chi connectivity index (χ2n) is 9.15. The predicted molar refractivity (Wildman–Crippen MR) is 127 cm³/mol. The zero-order valence-corrected chi connectivity index (χ0v) is 21.8. The Labute approximate surface area is 210 Å². The summed E-state index contributed by atoms with van der Waals surface area (Å²) in [6.07, 6.45) is -2.35. The van der Waals surface area contributed by atoms with Crippen molar-refractivity contribution in [2.24, 2.45) is 5.92 Å². The summed E-state index contributed by atoms with van der Waals surface area (Å²) in [4.78, 5) is 76.2. The lowest BCUT2D eigenvalue weighted by Gasteiger charge is -2.34. The van der Waals surface area contributed by atoms with Gasteiger partial charge >= 0.3 is 5.97 Å². The number of hydrogen-bond donors (Lipinski definition) is 7. The van der Waals surface area contributed by atoms with Crippen LogP contribution in [0.4, 0.5) is 0 Å². The van der Waals surface area contributed by atoms with Gasteiger partial charge in [-0.3, -0.25) is 24.0 Å². The molecule has 0 fully saturated rings. The Hall–Kier alpha value is -2.42. The van der Waals surface area contributed by atoms with Crippen LogP contribution >= 0.6 is 0 Å². The predicted octanol–water partition coefficient (Wildman–Crippen LogP) is -2.63. The van der Waals surface area contributed by atoms with Gasteiger partial charge in [0.15, 0.2) is 34.3 Å². The first-order valence-electron chi connectivity index (χ1n) is 11.5. The molecule has 3 unspecified atom stereocenters. The molecule has 7 N–H and O–H groups in total. The third-order valence-electron chi connectivity index (χ3n) is 6.50. The second kappa shape index (κ2) is 13.2. The maximum Gasteiger partial charge on any atom is 0.344 e. The van der Waals surface area contributed by atoms with Crippen LogP contribution in [-0.4, -0.2) is 112 Å². The largest absolute Gasteiger partial charge is 0.479 e. The van der Waals surface area contributed by atoms with Gasteiger partial charge in [-0.15, -0.1) is 0 Å². The molecule has 0 spiro atoms. The van der Waals surface area contributed by atoms with E-state index in [4.69, 9.17) is 0 Å². The number of carbonyl (C=O) groups is 6. The molecule has 0 aromatic rings. The number of aliphatic carboxylic acids is 1. The molecule has 0 radical (unpaired) electrons. The van der Waals surface area contributed by atoms with Crippen LogP contribution < -0.4 is 16.0 Å². The molecule has 0 saturated heterocycles. The van der Waals surface area contributed by atoms with Crippen LogP contribution in [0.1, 0.15) is 47.0 Å². The summed E-state index contributed by atoms with van der Waals surface area (Å²) >= 11 is 0. The van der Waals surface area contributed by atoms with E-state index >= 15 is 0 Å². The summed E-state index contributed by atoms with van der Waals surface area (Å²) in [5.74, 6) is -9.40. The van der Waals surface area contributed by atoms with Crippen molar-refractivity contribution in [1.29, 1.82) is 0 Å². The minimum Gasteiger partial charge on any atom is -0.479 e. The number of carboxylic acid groups (broad SMARTS) is 1. The van der Waals surface area contributed by atoms with Gasteiger partial charge < -0.3 is 36.4 Å². The molecule has 0 aromatic heterocycles. The molecular weight excluding hydrogens is 478 g/mol. The summed E-state index contributed by atoms with van der Waals surface area (Å²) in [6.45, 7) is 4.88. The number of aliphatic hydroxyl groups is 3. The molecule has 0 saturated carbocycles. The van der Waals surface area contributed by atoms with Crippen molar-refractivity contribution in [3.05, 3.63) is 0 Å². The zero-order chi connectivity index (χ0) is 28.6. The molecule has 0 aromatic carbocycles. The van der Waals surface area contributed by atoms with E-state index < -0.39 is 83.2 Å². The highest BCUT2D eigenvalue weighted by molar-refractivity contribution is 6.24. The molecule has 0 amide bonds. The Morgan fingerprint density at radius 3 is 1.75 bits per heavy atom. The number of carboxylic acids is 1. The second-order valence-corrected chi connectivity index (χ2v) is 9.15. The number of nitrogens with one attached hydrogen (secondary N) is 3. The van der Waals surface area contributed by atoms with Gasteiger partial charge in [0, 0.05) is 0 Å². The molecule has 36 heavy (non-hydrogen) atoms. The van der Waals surface area contributed by atoms with Crippen LogP contribution in [0.25, 0.3) is 0 Å². The smallest absolute Gasteiger partial charge is 0.344 e. The molecule has 0 heterocycles. The molecule has 0 rings (SSSR count). The topological polar surface area (TPSA) is 219 Å². The molecule has 13 heteroatoms. The van der Waals surface area contributed by atoms with Crippen LogP contribution in [0, 0.1) is 5.92 Å². The lowest BCUT2D eigenvalue weighted by Crippen LogP contribution is -2.65. The Morgan fingerprint density at radius 2 is 1.36 bits per heavy atom. The van der Waals surface area contributed by atoms with Crippen LogP contribution in [0.5, 0.6) is 0 Å². The summed E-state index contributed by atoms with van der Waals surface area (Å²) in [6, 6.07) is -1.99. The average Bonchev–Trinajstić information content (AvgIpc) is 2.82. The minimum atomic E-state index is -3.58. The van der Waals surface area contributed by atoms with Crippen molar-refractivity contribution < 1.29 is 49.2 Å². The van der Waals surface area contributed by atoms with Gasteiger partial charge in [-0.05, 0) is 40.9 Å². The van der Waals surface area contributed by atoms with Gasteiger partial charge in [-0.1, -0.05) is 20.3 Å². The highest BCUT2D eigenvalue weighted by Crippen LogP contribution is 2.29. The third-order valence-corrected chi connectivity index (χ3v) is 6.50. The number of hydrogen-bond acceptors (Lipinski definition) is 12. The quantitative estimate of drug-likeness (QED) is 0.0926. The van der Waals surface area contributed by atoms with Gasteiger partial charge in [0.1, 0.15) is 0 Å². The van der Waals surface area contributed by atoms with Gasteiger partial charge in [0.05, 0.1) is 31.5 Å². The monoisotopic (exact) mass is 517 g/mol. The maximum atomic E-state index is 13.2. The van der Waals surface area contributed by atoms with E-state index in [1.165, 1.54) is 28.1 Å². The van der Waals surface area contributed by atoms with E-state index in [1.807, 2.05) is 0 Å². The fraction of sp³-hybridized carbons (Fsp3) is 0.739. The van der Waals surface area contributed by atoms with Gasteiger partial charge in [0.25, 0.3) is 0 Å². The first kappa shape index (κ1) is 33.6. The van der Waals surface area contributed by atoms with Crippen molar-refractivity contribution >= 4 is 34.9 Å². The van der Waals surface area contributed by atoms with Crippen LogP contribution in [0.2, 0.25) is 0 Å². The minimum absolute atomic E-state index is 0.328. The highest BCUT2D eigenvalue weighted by Gasteiger charge is 2.60. The summed E-state index contributed by atoms with van der Waals surface area (Å²) in [5, 5.41) is 49.7. The van der Waals surface area contributed by atoms with Gasteiger partial charge in [-0.25, -0.2) is 4.79 Å². The molecule has 6 atom stereocenters. The Bertz CT molecular complexity index is 874. The normalized spacial score (nSPS) is 19.1. The number of ketones is 5. The fourth-order valence-corrected chi connectivity index (χ4v) is 3.53. The Morgan fingerprint density at radius 1 is 0.833 bits per heavy atom. The summed E-state index contributed by atoms with van der Waals surface area (Å²) in [7, 11) is 4.06. The molecule has 0 bridgehead atoms. The fourth-order valence-electron chi connectivity index (χ4n) is 3.53. The molecule has 206 valence electrons. The molecule has 13 nitrogen and oxygen atoms in total. The van der Waals surface area contributed by atoms with Crippen molar-refractivity contribution in [2.75, 3.05) is 27.7 Å². The lowest BCUT2D eigenvalue weighted by molar-refractivity contribution is -0.180.